The van der Waals surface area contributed by atoms with Gasteiger partial charge in [0.05, 0.1) is 14.2 Å². The number of hydrogen-bond donors (Lipinski definition) is 1. The van der Waals surface area contributed by atoms with Crippen molar-refractivity contribution >= 4 is 22.2 Å². The molecule has 120 valence electrons. The highest BCUT2D eigenvalue weighted by Crippen LogP contribution is 2.27. The Balaban J connectivity index is 1.59. The van der Waals surface area contributed by atoms with Gasteiger partial charge in [-0.05, 0) is 18.2 Å². The number of nitrogens with zero attached hydrogens (tertiary/aromatic N) is 4. The summed E-state index contributed by atoms with van der Waals surface area (Å²) in [5.74, 6) is 0.937. The van der Waals surface area contributed by atoms with Gasteiger partial charge in [-0.25, -0.2) is 0 Å². The molecule has 0 aliphatic carbocycles. The van der Waals surface area contributed by atoms with Gasteiger partial charge in [0.1, 0.15) is 11.3 Å². The zero-order valence-corrected chi connectivity index (χ0v) is 13.5. The molecule has 0 radical (unpaired) electrons. The highest BCUT2D eigenvalue weighted by atomic mass is 32.1. The lowest BCUT2D eigenvalue weighted by Crippen LogP contribution is -2.25. The third kappa shape index (κ3) is 3.24. The number of ether oxygens (including phenoxy) is 2. The van der Waals surface area contributed by atoms with Gasteiger partial charge in [-0.2, -0.15) is 9.61 Å². The monoisotopic (exact) mass is 333 g/mol. The number of carbonyl (C=O) groups is 1. The fraction of sp³-hybridized carbons (Fsp3) is 0.286. The van der Waals surface area contributed by atoms with Crippen LogP contribution < -0.4 is 14.8 Å². The summed E-state index contributed by atoms with van der Waals surface area (Å²) in [6.07, 6.45) is 2.19. The number of nitrogens with one attached hydrogen (secondary N) is 1. The third-order valence-electron chi connectivity index (χ3n) is 3.20. The van der Waals surface area contributed by atoms with Crippen molar-refractivity contribution < 1.29 is 14.3 Å². The zero-order valence-electron chi connectivity index (χ0n) is 12.6. The molecule has 0 atom stereocenters. The van der Waals surface area contributed by atoms with Crippen LogP contribution in [0.3, 0.4) is 0 Å². The summed E-state index contributed by atoms with van der Waals surface area (Å²) in [4.78, 5) is 12.9. The molecule has 2 aromatic heterocycles. The molecule has 0 saturated carbocycles. The Morgan fingerprint density at radius 1 is 1.30 bits per heavy atom. The number of hydrogen-bond acceptors (Lipinski definition) is 7. The van der Waals surface area contributed by atoms with Crippen molar-refractivity contribution in [1.82, 2.24) is 25.1 Å². The lowest BCUT2D eigenvalue weighted by Gasteiger charge is -2.09. The van der Waals surface area contributed by atoms with E-state index in [0.717, 1.165) is 9.97 Å². The molecule has 23 heavy (non-hydrogen) atoms. The predicted octanol–water partition coefficient (Wildman–Crippen LogP) is 1.18. The van der Waals surface area contributed by atoms with Gasteiger partial charge in [-0.1, -0.05) is 11.3 Å². The summed E-state index contributed by atoms with van der Waals surface area (Å²) in [5, 5.41) is 15.7. The number of carbonyl (C=O) groups excluding carboxylic acids is 1. The molecule has 1 amide bonds. The number of amides is 1. The first-order chi connectivity index (χ1) is 11.2. The first kappa shape index (κ1) is 15.2. The molecule has 1 aromatic carbocycles. The summed E-state index contributed by atoms with van der Waals surface area (Å²) in [6, 6.07) is 5.05. The molecule has 0 aliphatic heterocycles. The van der Waals surface area contributed by atoms with Gasteiger partial charge < -0.3 is 14.8 Å². The third-order valence-corrected chi connectivity index (χ3v) is 4.17. The van der Waals surface area contributed by atoms with E-state index in [4.69, 9.17) is 9.47 Å². The molecule has 0 bridgehead atoms. The Hall–Kier alpha value is -2.68. The number of aromatic nitrogens is 4. The van der Waals surface area contributed by atoms with E-state index in [1.54, 1.807) is 36.2 Å². The van der Waals surface area contributed by atoms with Crippen molar-refractivity contribution in [2.45, 2.75) is 6.42 Å². The summed E-state index contributed by atoms with van der Waals surface area (Å²) >= 11 is 1.45. The normalized spacial score (nSPS) is 10.7. The van der Waals surface area contributed by atoms with Gasteiger partial charge in [0.2, 0.25) is 4.96 Å². The highest BCUT2D eigenvalue weighted by molar-refractivity contribution is 7.16. The molecule has 0 spiro atoms. The molecule has 0 saturated heterocycles. The molecule has 9 heteroatoms. The van der Waals surface area contributed by atoms with E-state index < -0.39 is 0 Å². The van der Waals surface area contributed by atoms with Gasteiger partial charge in [0.25, 0.3) is 5.91 Å². The van der Waals surface area contributed by atoms with E-state index in [9.17, 15) is 4.79 Å². The molecule has 1 N–H and O–H groups in total. The average molecular weight is 333 g/mol. The van der Waals surface area contributed by atoms with Gasteiger partial charge in [-0.15, -0.1) is 10.2 Å². The van der Waals surface area contributed by atoms with Crippen LogP contribution in [-0.4, -0.2) is 46.5 Å². The zero-order chi connectivity index (χ0) is 16.2. The fourth-order valence-corrected chi connectivity index (χ4v) is 2.88. The van der Waals surface area contributed by atoms with E-state index in [1.807, 2.05) is 0 Å². The molecule has 0 unspecified atom stereocenters. The minimum Gasteiger partial charge on any atom is -0.493 e. The van der Waals surface area contributed by atoms with Crippen molar-refractivity contribution in [2.75, 3.05) is 20.8 Å². The largest absolute Gasteiger partial charge is 0.493 e. The van der Waals surface area contributed by atoms with Gasteiger partial charge in [0, 0.05) is 18.5 Å². The average Bonchev–Trinajstić information content (AvgIpc) is 3.15. The quantitative estimate of drug-likeness (QED) is 0.728. The Bertz CT molecular complexity index is 800. The van der Waals surface area contributed by atoms with Crippen molar-refractivity contribution in [3.8, 4) is 11.5 Å². The summed E-state index contributed by atoms with van der Waals surface area (Å²) in [5.41, 5.74) is 0.515. The molecule has 3 rings (SSSR count). The molecular formula is C14H15N5O3S. The molecule has 8 nitrogen and oxygen atoms in total. The maximum Gasteiger partial charge on any atom is 0.251 e. The van der Waals surface area contributed by atoms with Crippen LogP contribution in [0.2, 0.25) is 0 Å². The van der Waals surface area contributed by atoms with Crippen LogP contribution >= 0.6 is 11.3 Å². The predicted molar refractivity (Wildman–Crippen MR) is 84.2 cm³/mol. The molecule has 0 aliphatic rings. The molecule has 0 fully saturated rings. The van der Waals surface area contributed by atoms with E-state index in [1.165, 1.54) is 18.4 Å². The Kier molecular flexibility index (Phi) is 4.38. The van der Waals surface area contributed by atoms with E-state index in [2.05, 4.69) is 20.6 Å². The Labute approximate surface area is 136 Å². The molecule has 3 aromatic rings. The second-order valence-electron chi connectivity index (χ2n) is 4.63. The first-order valence-corrected chi connectivity index (χ1v) is 7.69. The number of fused-ring (bicyclic) bond motifs is 1. The number of methoxy groups -OCH3 is 2. The molecule has 2 heterocycles. The van der Waals surface area contributed by atoms with E-state index in [-0.39, 0.29) is 5.91 Å². The summed E-state index contributed by atoms with van der Waals surface area (Å²) in [6.45, 7) is 0.483. The van der Waals surface area contributed by atoms with Crippen LogP contribution in [0.5, 0.6) is 11.5 Å². The van der Waals surface area contributed by atoms with Crippen molar-refractivity contribution in [3.63, 3.8) is 0 Å². The second-order valence-corrected chi connectivity index (χ2v) is 5.67. The second kappa shape index (κ2) is 6.61. The van der Waals surface area contributed by atoms with E-state index >= 15 is 0 Å². The smallest absolute Gasteiger partial charge is 0.251 e. The maximum absolute atomic E-state index is 12.2. The minimum absolute atomic E-state index is 0.172. The van der Waals surface area contributed by atoms with Crippen LogP contribution in [0.15, 0.2) is 24.5 Å². The topological polar surface area (TPSA) is 90.6 Å². The summed E-state index contributed by atoms with van der Waals surface area (Å²) in [7, 11) is 3.09. The number of benzene rings is 1. The highest BCUT2D eigenvalue weighted by Gasteiger charge is 2.11. The van der Waals surface area contributed by atoms with Crippen LogP contribution in [0.4, 0.5) is 0 Å². The van der Waals surface area contributed by atoms with Crippen molar-refractivity contribution in [1.29, 1.82) is 0 Å². The van der Waals surface area contributed by atoms with E-state index in [0.29, 0.717) is 30.0 Å². The minimum atomic E-state index is -0.172. The first-order valence-electron chi connectivity index (χ1n) is 6.87. The maximum atomic E-state index is 12.2. The van der Waals surface area contributed by atoms with Crippen LogP contribution in [0.1, 0.15) is 15.4 Å². The molecular weight excluding hydrogens is 318 g/mol. The van der Waals surface area contributed by atoms with Crippen molar-refractivity contribution in [3.05, 3.63) is 35.1 Å². The van der Waals surface area contributed by atoms with Gasteiger partial charge in [0.15, 0.2) is 11.5 Å². The Morgan fingerprint density at radius 3 is 2.87 bits per heavy atom. The van der Waals surface area contributed by atoms with Gasteiger partial charge >= 0.3 is 0 Å². The van der Waals surface area contributed by atoms with Crippen LogP contribution in [0.25, 0.3) is 4.96 Å². The SMILES string of the molecule is COc1ccc(C(=O)NCCc2nn3cnnc3s2)cc1OC. The lowest BCUT2D eigenvalue weighted by atomic mass is 10.2. The van der Waals surface area contributed by atoms with Crippen LogP contribution in [-0.2, 0) is 6.42 Å². The standard InChI is InChI=1S/C14H15N5O3S/c1-21-10-4-3-9(7-11(10)22-2)13(20)15-6-5-12-18-19-8-16-17-14(19)23-12/h3-4,7-8H,5-6H2,1-2H3,(H,15,20). The number of rotatable bonds is 6. The van der Waals surface area contributed by atoms with Gasteiger partial charge in [-0.3, -0.25) is 4.79 Å². The summed E-state index contributed by atoms with van der Waals surface area (Å²) < 4.78 is 12.0. The lowest BCUT2D eigenvalue weighted by molar-refractivity contribution is 0.0953. The Morgan fingerprint density at radius 2 is 2.13 bits per heavy atom. The van der Waals surface area contributed by atoms with Crippen LogP contribution in [0, 0.1) is 0 Å². The van der Waals surface area contributed by atoms with Crippen molar-refractivity contribution in [2.24, 2.45) is 0 Å². The fourth-order valence-electron chi connectivity index (χ4n) is 2.06.